The molecule has 2 nitrogen and oxygen atoms in total. The van der Waals surface area contributed by atoms with Crippen molar-refractivity contribution in [2.75, 3.05) is 25.0 Å². The zero-order valence-corrected chi connectivity index (χ0v) is 12.2. The maximum Gasteiger partial charge on any atom is 0.0396 e. The molecule has 1 saturated heterocycles. The highest BCUT2D eigenvalue weighted by molar-refractivity contribution is 5.55. The van der Waals surface area contributed by atoms with Crippen LogP contribution in [0.5, 0.6) is 0 Å². The lowest BCUT2D eigenvalue weighted by Gasteiger charge is -2.40. The second kappa shape index (κ2) is 5.31. The second-order valence-corrected chi connectivity index (χ2v) is 6.34. The van der Waals surface area contributed by atoms with E-state index in [9.17, 15) is 0 Å². The normalized spacial score (nSPS) is 19.0. The predicted molar refractivity (Wildman–Crippen MR) is 79.2 cm³/mol. The fourth-order valence-electron chi connectivity index (χ4n) is 3.02. The third kappa shape index (κ3) is 3.05. The zero-order chi connectivity index (χ0) is 13.2. The molecule has 2 heteroatoms. The van der Waals surface area contributed by atoms with Crippen LogP contribution in [0.4, 0.5) is 5.69 Å². The van der Waals surface area contributed by atoms with Gasteiger partial charge in [0.15, 0.2) is 0 Å². The maximum absolute atomic E-state index is 3.21. The minimum atomic E-state index is 0.453. The van der Waals surface area contributed by atoms with Gasteiger partial charge in [-0.3, -0.25) is 0 Å². The van der Waals surface area contributed by atoms with E-state index in [-0.39, 0.29) is 0 Å². The van der Waals surface area contributed by atoms with Crippen molar-refractivity contribution < 1.29 is 0 Å². The first-order valence-corrected chi connectivity index (χ1v) is 7.01. The standard InChI is InChI=1S/C16H26N2/c1-13-10-14(11-17-4)6-7-15(13)18-9-5-8-16(2,3)12-18/h6-7,10,17H,5,8-9,11-12H2,1-4H3. The van der Waals surface area contributed by atoms with Crippen molar-refractivity contribution in [1.82, 2.24) is 5.32 Å². The predicted octanol–water partition coefficient (Wildman–Crippen LogP) is 3.34. The van der Waals surface area contributed by atoms with Crippen molar-refractivity contribution in [3.05, 3.63) is 29.3 Å². The van der Waals surface area contributed by atoms with Gasteiger partial charge < -0.3 is 10.2 Å². The van der Waals surface area contributed by atoms with Gasteiger partial charge in [0.25, 0.3) is 0 Å². The number of rotatable bonds is 3. The molecule has 2 rings (SSSR count). The van der Waals surface area contributed by atoms with Gasteiger partial charge in [0, 0.05) is 25.3 Å². The number of nitrogens with one attached hydrogen (secondary N) is 1. The Hall–Kier alpha value is -1.02. The van der Waals surface area contributed by atoms with Gasteiger partial charge in [-0.1, -0.05) is 26.0 Å². The molecule has 1 fully saturated rings. The number of hydrogen-bond acceptors (Lipinski definition) is 2. The molecule has 1 heterocycles. The van der Waals surface area contributed by atoms with Gasteiger partial charge in [-0.15, -0.1) is 0 Å². The Kier molecular flexibility index (Phi) is 3.96. The number of aryl methyl sites for hydroxylation is 1. The molecule has 0 amide bonds. The fraction of sp³-hybridized carbons (Fsp3) is 0.625. The van der Waals surface area contributed by atoms with Crippen LogP contribution >= 0.6 is 0 Å². The Balaban J connectivity index is 2.18. The van der Waals surface area contributed by atoms with Gasteiger partial charge in [-0.25, -0.2) is 0 Å². The fourth-order valence-corrected chi connectivity index (χ4v) is 3.02. The molecule has 1 aliphatic heterocycles. The first-order chi connectivity index (χ1) is 8.52. The van der Waals surface area contributed by atoms with Crippen molar-refractivity contribution >= 4 is 5.69 Å². The molecule has 1 aliphatic rings. The molecule has 0 unspecified atom stereocenters. The number of hydrogen-bond donors (Lipinski definition) is 1. The Morgan fingerprint density at radius 2 is 2.11 bits per heavy atom. The van der Waals surface area contributed by atoms with E-state index in [2.05, 4.69) is 49.2 Å². The summed E-state index contributed by atoms with van der Waals surface area (Å²) in [5.74, 6) is 0. The first-order valence-electron chi connectivity index (χ1n) is 7.01. The van der Waals surface area contributed by atoms with E-state index in [1.807, 2.05) is 7.05 Å². The number of nitrogens with zero attached hydrogens (tertiary/aromatic N) is 1. The Morgan fingerprint density at radius 3 is 2.72 bits per heavy atom. The molecular weight excluding hydrogens is 220 g/mol. The lowest BCUT2D eigenvalue weighted by Crippen LogP contribution is -2.40. The molecule has 1 N–H and O–H groups in total. The van der Waals surface area contributed by atoms with Gasteiger partial charge in [0.2, 0.25) is 0 Å². The molecule has 0 aliphatic carbocycles. The maximum atomic E-state index is 3.21. The number of benzene rings is 1. The highest BCUT2D eigenvalue weighted by atomic mass is 15.1. The Labute approximate surface area is 111 Å². The molecule has 0 atom stereocenters. The topological polar surface area (TPSA) is 15.3 Å². The highest BCUT2D eigenvalue weighted by Gasteiger charge is 2.26. The summed E-state index contributed by atoms with van der Waals surface area (Å²) in [5.41, 5.74) is 4.65. The second-order valence-electron chi connectivity index (χ2n) is 6.34. The average molecular weight is 246 g/mol. The molecular formula is C16H26N2. The summed E-state index contributed by atoms with van der Waals surface area (Å²) in [6.07, 6.45) is 2.66. The van der Waals surface area contributed by atoms with E-state index < -0.39 is 0 Å². The van der Waals surface area contributed by atoms with Crippen LogP contribution in [0.15, 0.2) is 18.2 Å². The molecule has 1 aromatic rings. The molecule has 0 bridgehead atoms. The summed E-state index contributed by atoms with van der Waals surface area (Å²) in [6.45, 7) is 10.3. The smallest absolute Gasteiger partial charge is 0.0396 e. The molecule has 0 spiro atoms. The summed E-state index contributed by atoms with van der Waals surface area (Å²) in [7, 11) is 2.00. The van der Waals surface area contributed by atoms with Crippen molar-refractivity contribution in [2.24, 2.45) is 5.41 Å². The van der Waals surface area contributed by atoms with Gasteiger partial charge >= 0.3 is 0 Å². The lowest BCUT2D eigenvalue weighted by atomic mass is 9.84. The lowest BCUT2D eigenvalue weighted by molar-refractivity contribution is 0.293. The Bertz CT molecular complexity index is 410. The number of piperidine rings is 1. The third-order valence-electron chi connectivity index (χ3n) is 3.88. The van der Waals surface area contributed by atoms with Crippen molar-refractivity contribution in [1.29, 1.82) is 0 Å². The minimum absolute atomic E-state index is 0.453. The number of anilines is 1. The van der Waals surface area contributed by atoms with Crippen LogP contribution in [0.2, 0.25) is 0 Å². The average Bonchev–Trinajstić information content (AvgIpc) is 2.28. The van der Waals surface area contributed by atoms with Crippen LogP contribution in [-0.2, 0) is 6.54 Å². The quantitative estimate of drug-likeness (QED) is 0.880. The third-order valence-corrected chi connectivity index (χ3v) is 3.88. The van der Waals surface area contributed by atoms with Gasteiger partial charge in [0.1, 0.15) is 0 Å². The van der Waals surface area contributed by atoms with E-state index in [4.69, 9.17) is 0 Å². The van der Waals surface area contributed by atoms with Gasteiger partial charge in [-0.2, -0.15) is 0 Å². The molecule has 0 aromatic heterocycles. The van der Waals surface area contributed by atoms with E-state index in [0.717, 1.165) is 6.54 Å². The first kappa shape index (κ1) is 13.4. The van der Waals surface area contributed by atoms with Crippen LogP contribution in [0.1, 0.15) is 37.8 Å². The molecule has 100 valence electrons. The van der Waals surface area contributed by atoms with Crippen molar-refractivity contribution in [3.8, 4) is 0 Å². The summed E-state index contributed by atoms with van der Waals surface area (Å²) >= 11 is 0. The zero-order valence-electron chi connectivity index (χ0n) is 12.2. The van der Waals surface area contributed by atoms with E-state index in [1.165, 1.54) is 42.7 Å². The largest absolute Gasteiger partial charge is 0.371 e. The molecule has 0 radical (unpaired) electrons. The van der Waals surface area contributed by atoms with E-state index in [1.54, 1.807) is 0 Å². The van der Waals surface area contributed by atoms with Crippen LogP contribution in [0.25, 0.3) is 0 Å². The van der Waals surface area contributed by atoms with Crippen LogP contribution in [-0.4, -0.2) is 20.1 Å². The summed E-state index contributed by atoms with van der Waals surface area (Å²) in [5, 5.41) is 3.21. The van der Waals surface area contributed by atoms with Crippen molar-refractivity contribution in [2.45, 2.75) is 40.2 Å². The molecule has 1 aromatic carbocycles. The van der Waals surface area contributed by atoms with E-state index in [0.29, 0.717) is 5.41 Å². The SMILES string of the molecule is CNCc1ccc(N2CCCC(C)(C)C2)c(C)c1. The van der Waals surface area contributed by atoms with Gasteiger partial charge in [-0.05, 0) is 49.4 Å². The summed E-state index contributed by atoms with van der Waals surface area (Å²) in [4.78, 5) is 2.56. The molecule has 18 heavy (non-hydrogen) atoms. The van der Waals surface area contributed by atoms with Crippen LogP contribution in [0, 0.1) is 12.3 Å². The van der Waals surface area contributed by atoms with E-state index >= 15 is 0 Å². The Morgan fingerprint density at radius 1 is 1.33 bits per heavy atom. The summed E-state index contributed by atoms with van der Waals surface area (Å²) < 4.78 is 0. The summed E-state index contributed by atoms with van der Waals surface area (Å²) in [6, 6.07) is 6.86. The monoisotopic (exact) mass is 246 g/mol. The molecule has 0 saturated carbocycles. The highest BCUT2D eigenvalue weighted by Crippen LogP contribution is 2.33. The van der Waals surface area contributed by atoms with Crippen molar-refractivity contribution in [3.63, 3.8) is 0 Å². The van der Waals surface area contributed by atoms with Crippen LogP contribution < -0.4 is 10.2 Å². The van der Waals surface area contributed by atoms with Gasteiger partial charge in [0.05, 0.1) is 0 Å². The van der Waals surface area contributed by atoms with Crippen LogP contribution in [0.3, 0.4) is 0 Å². The minimum Gasteiger partial charge on any atom is -0.371 e.